The minimum atomic E-state index is -0.514. The third kappa shape index (κ3) is 3.78. The van der Waals surface area contributed by atoms with Crippen LogP contribution in [0.3, 0.4) is 0 Å². The molecule has 0 unspecified atom stereocenters. The summed E-state index contributed by atoms with van der Waals surface area (Å²) in [4.78, 5) is 24.3. The predicted octanol–water partition coefficient (Wildman–Crippen LogP) is 2.74. The zero-order chi connectivity index (χ0) is 17.7. The van der Waals surface area contributed by atoms with Crippen LogP contribution in [0.4, 0.5) is 0 Å². The molecule has 0 aliphatic heterocycles. The first kappa shape index (κ1) is 17.6. The highest BCUT2D eigenvalue weighted by atomic mass is 35.5. The first-order valence-corrected chi connectivity index (χ1v) is 7.43. The first-order valence-electron chi connectivity index (χ1n) is 7.05. The lowest BCUT2D eigenvalue weighted by molar-refractivity contribution is 0.0846. The van der Waals surface area contributed by atoms with Gasteiger partial charge in [-0.05, 0) is 31.2 Å². The Hall–Kier alpha value is -2.73. The number of methoxy groups -OCH3 is 2. The molecule has 0 bridgehead atoms. The number of carbonyl (C=O) groups excluding carboxylic acids is 2. The molecule has 2 amide bonds. The van der Waals surface area contributed by atoms with Crippen LogP contribution in [0.2, 0.25) is 5.02 Å². The van der Waals surface area contributed by atoms with E-state index in [0.717, 1.165) is 5.56 Å². The van der Waals surface area contributed by atoms with E-state index in [2.05, 4.69) is 10.9 Å². The summed E-state index contributed by atoms with van der Waals surface area (Å²) in [5.41, 5.74) is 5.98. The van der Waals surface area contributed by atoms with Gasteiger partial charge in [-0.2, -0.15) is 0 Å². The molecule has 2 rings (SSSR count). The molecule has 24 heavy (non-hydrogen) atoms. The van der Waals surface area contributed by atoms with Crippen molar-refractivity contribution in [2.45, 2.75) is 6.92 Å². The van der Waals surface area contributed by atoms with Crippen LogP contribution in [0.15, 0.2) is 36.4 Å². The number of benzene rings is 2. The van der Waals surface area contributed by atoms with E-state index in [1.807, 2.05) is 6.92 Å². The van der Waals surface area contributed by atoms with Gasteiger partial charge in [-0.1, -0.05) is 23.7 Å². The molecule has 126 valence electrons. The van der Waals surface area contributed by atoms with Crippen molar-refractivity contribution >= 4 is 23.4 Å². The summed E-state index contributed by atoms with van der Waals surface area (Å²) < 4.78 is 10.4. The molecule has 2 N–H and O–H groups in total. The average molecular weight is 349 g/mol. The fraction of sp³-hybridized carbons (Fsp3) is 0.176. The summed E-state index contributed by atoms with van der Waals surface area (Å²) >= 11 is 5.94. The second kappa shape index (κ2) is 7.70. The predicted molar refractivity (Wildman–Crippen MR) is 90.7 cm³/mol. The van der Waals surface area contributed by atoms with Crippen LogP contribution < -0.4 is 20.3 Å². The molecule has 0 aliphatic carbocycles. The molecule has 0 aromatic heterocycles. The molecule has 0 radical (unpaired) electrons. The number of nitrogens with one attached hydrogen (secondary N) is 2. The van der Waals surface area contributed by atoms with Crippen molar-refractivity contribution in [3.63, 3.8) is 0 Å². The van der Waals surface area contributed by atoms with Gasteiger partial charge in [-0.3, -0.25) is 20.4 Å². The lowest BCUT2D eigenvalue weighted by atomic mass is 10.1. The van der Waals surface area contributed by atoms with E-state index in [-0.39, 0.29) is 11.1 Å². The molecular weight excluding hydrogens is 332 g/mol. The van der Waals surface area contributed by atoms with Gasteiger partial charge < -0.3 is 9.47 Å². The maximum absolute atomic E-state index is 12.2. The Balaban J connectivity index is 2.13. The third-order valence-corrected chi connectivity index (χ3v) is 3.75. The van der Waals surface area contributed by atoms with Crippen molar-refractivity contribution < 1.29 is 19.1 Å². The molecule has 6 nitrogen and oxygen atoms in total. The van der Waals surface area contributed by atoms with Gasteiger partial charge in [0.05, 0.1) is 24.8 Å². The van der Waals surface area contributed by atoms with E-state index in [0.29, 0.717) is 16.5 Å². The molecule has 7 heteroatoms. The summed E-state index contributed by atoms with van der Waals surface area (Å²) in [5.74, 6) is 0.000793. The molecular formula is C17H17ClN2O4. The van der Waals surface area contributed by atoms with E-state index >= 15 is 0 Å². The number of hydrazine groups is 1. The number of halogens is 1. The average Bonchev–Trinajstić information content (AvgIpc) is 2.59. The Bertz CT molecular complexity index is 752. The standard InChI is InChI=1S/C17H17ClN2O4/c1-10-14(23-2)8-11(9-15(10)24-3)16(21)19-20-17(22)12-6-4-5-7-13(12)18/h4-9H,1-3H3,(H,19,21)(H,20,22). The van der Waals surface area contributed by atoms with Crippen LogP contribution in [0, 0.1) is 6.92 Å². The zero-order valence-electron chi connectivity index (χ0n) is 13.5. The number of amides is 2. The van der Waals surface area contributed by atoms with Gasteiger partial charge in [0.15, 0.2) is 0 Å². The Labute approximate surface area is 144 Å². The molecule has 0 saturated heterocycles. The highest BCUT2D eigenvalue weighted by Crippen LogP contribution is 2.29. The largest absolute Gasteiger partial charge is 0.496 e. The van der Waals surface area contributed by atoms with Crippen molar-refractivity contribution in [1.82, 2.24) is 10.9 Å². The Morgan fingerprint density at radius 1 is 0.958 bits per heavy atom. The number of hydrogen-bond donors (Lipinski definition) is 2. The van der Waals surface area contributed by atoms with Gasteiger partial charge in [0.2, 0.25) is 0 Å². The van der Waals surface area contributed by atoms with E-state index in [1.165, 1.54) is 14.2 Å². The fourth-order valence-corrected chi connectivity index (χ4v) is 2.34. The van der Waals surface area contributed by atoms with E-state index in [1.54, 1.807) is 36.4 Å². The SMILES string of the molecule is COc1cc(C(=O)NNC(=O)c2ccccc2Cl)cc(OC)c1C. The van der Waals surface area contributed by atoms with Gasteiger partial charge in [-0.25, -0.2) is 0 Å². The Kier molecular flexibility index (Phi) is 5.65. The summed E-state index contributed by atoms with van der Waals surface area (Å²) in [6, 6.07) is 9.67. The van der Waals surface area contributed by atoms with Crippen molar-refractivity contribution in [3.05, 3.63) is 58.1 Å². The van der Waals surface area contributed by atoms with E-state index < -0.39 is 11.8 Å². The molecule has 0 saturated carbocycles. The van der Waals surface area contributed by atoms with Crippen molar-refractivity contribution in [3.8, 4) is 11.5 Å². The van der Waals surface area contributed by atoms with Crippen LogP contribution in [0.25, 0.3) is 0 Å². The summed E-state index contributed by atoms with van der Waals surface area (Å²) in [6.07, 6.45) is 0. The van der Waals surface area contributed by atoms with Crippen LogP contribution in [0.5, 0.6) is 11.5 Å². The fourth-order valence-electron chi connectivity index (χ4n) is 2.12. The number of carbonyl (C=O) groups is 2. The quantitative estimate of drug-likeness (QED) is 0.833. The highest BCUT2D eigenvalue weighted by Gasteiger charge is 2.15. The Morgan fingerprint density at radius 2 is 1.50 bits per heavy atom. The van der Waals surface area contributed by atoms with E-state index in [9.17, 15) is 9.59 Å². The summed E-state index contributed by atoms with van der Waals surface area (Å²) in [7, 11) is 3.01. The maximum Gasteiger partial charge on any atom is 0.271 e. The number of ether oxygens (including phenoxy) is 2. The lowest BCUT2D eigenvalue weighted by Crippen LogP contribution is -2.41. The second-order valence-corrected chi connectivity index (χ2v) is 5.30. The van der Waals surface area contributed by atoms with Gasteiger partial charge in [0, 0.05) is 11.1 Å². The summed E-state index contributed by atoms with van der Waals surface area (Å²) in [6.45, 7) is 1.82. The first-order chi connectivity index (χ1) is 11.5. The van der Waals surface area contributed by atoms with Gasteiger partial charge in [0.1, 0.15) is 11.5 Å². The molecule has 0 fully saturated rings. The minimum Gasteiger partial charge on any atom is -0.496 e. The van der Waals surface area contributed by atoms with E-state index in [4.69, 9.17) is 21.1 Å². The van der Waals surface area contributed by atoms with Crippen LogP contribution in [-0.4, -0.2) is 26.0 Å². The topological polar surface area (TPSA) is 76.7 Å². The molecule has 0 aliphatic rings. The zero-order valence-corrected chi connectivity index (χ0v) is 14.2. The third-order valence-electron chi connectivity index (χ3n) is 3.42. The lowest BCUT2D eigenvalue weighted by Gasteiger charge is -2.13. The number of rotatable bonds is 4. The molecule has 2 aromatic carbocycles. The van der Waals surface area contributed by atoms with Crippen LogP contribution in [-0.2, 0) is 0 Å². The van der Waals surface area contributed by atoms with Crippen LogP contribution >= 0.6 is 11.6 Å². The second-order valence-electron chi connectivity index (χ2n) is 4.89. The monoisotopic (exact) mass is 348 g/mol. The normalized spacial score (nSPS) is 10.0. The van der Waals surface area contributed by atoms with Gasteiger partial charge >= 0.3 is 0 Å². The highest BCUT2D eigenvalue weighted by molar-refractivity contribution is 6.33. The smallest absolute Gasteiger partial charge is 0.271 e. The van der Waals surface area contributed by atoms with Crippen LogP contribution in [0.1, 0.15) is 26.3 Å². The molecule has 0 heterocycles. The minimum absolute atomic E-state index is 0.263. The Morgan fingerprint density at radius 3 is 2.04 bits per heavy atom. The molecule has 0 spiro atoms. The van der Waals surface area contributed by atoms with Gasteiger partial charge in [0.25, 0.3) is 11.8 Å². The molecule has 2 aromatic rings. The molecule has 0 atom stereocenters. The van der Waals surface area contributed by atoms with Crippen molar-refractivity contribution in [1.29, 1.82) is 0 Å². The maximum atomic E-state index is 12.2. The van der Waals surface area contributed by atoms with Gasteiger partial charge in [-0.15, -0.1) is 0 Å². The number of hydrogen-bond acceptors (Lipinski definition) is 4. The summed E-state index contributed by atoms with van der Waals surface area (Å²) in [5, 5.41) is 0.294. The van der Waals surface area contributed by atoms with Crippen molar-refractivity contribution in [2.24, 2.45) is 0 Å². The van der Waals surface area contributed by atoms with Crippen molar-refractivity contribution in [2.75, 3.05) is 14.2 Å².